The lowest BCUT2D eigenvalue weighted by atomic mass is 10.1. The third-order valence-electron chi connectivity index (χ3n) is 4.89. The molecule has 1 N–H and O–H groups in total. The summed E-state index contributed by atoms with van der Waals surface area (Å²) < 4.78 is 5.48. The minimum atomic E-state index is -0.190. The Morgan fingerprint density at radius 2 is 1.96 bits per heavy atom. The van der Waals surface area contributed by atoms with Crippen molar-refractivity contribution in [3.8, 4) is 11.4 Å². The second-order valence-electron chi connectivity index (χ2n) is 6.65. The second-order valence-corrected chi connectivity index (χ2v) is 6.65. The van der Waals surface area contributed by atoms with Gasteiger partial charge in [0.05, 0.1) is 0 Å². The summed E-state index contributed by atoms with van der Waals surface area (Å²) in [6.07, 6.45) is 2.71. The number of hydrogen-bond acceptors (Lipinski definition) is 4. The molecule has 0 aliphatic carbocycles. The molecule has 0 saturated carbocycles. The number of likely N-dealkylation sites (tertiary alicyclic amines) is 1. The average molecular weight is 362 g/mol. The number of rotatable bonds is 4. The van der Waals surface area contributed by atoms with E-state index in [2.05, 4.69) is 22.4 Å². The molecule has 1 saturated heterocycles. The molecule has 1 atom stereocenters. The summed E-state index contributed by atoms with van der Waals surface area (Å²) in [6.45, 7) is 2.78. The van der Waals surface area contributed by atoms with Gasteiger partial charge in [-0.05, 0) is 37.0 Å². The largest absolute Gasteiger partial charge is 0.337 e. The van der Waals surface area contributed by atoms with Gasteiger partial charge in [0.1, 0.15) is 6.04 Å². The standard InChI is InChI=1S/C21H22N4O2/c1-2-15-10-12-17(13-11-15)22-21(26)25-14-6-9-18(25)20-23-19(24-27-20)16-7-4-3-5-8-16/h3-5,7-8,10-13,18H,2,6,9,14H2,1H3,(H,22,26). The average Bonchev–Trinajstić information content (AvgIpc) is 3.38. The lowest BCUT2D eigenvalue weighted by molar-refractivity contribution is 0.193. The van der Waals surface area contributed by atoms with Crippen LogP contribution in [0.15, 0.2) is 59.1 Å². The number of aryl methyl sites for hydroxylation is 1. The van der Waals surface area contributed by atoms with Gasteiger partial charge in [-0.2, -0.15) is 4.98 Å². The summed E-state index contributed by atoms with van der Waals surface area (Å²) >= 11 is 0. The van der Waals surface area contributed by atoms with E-state index in [1.807, 2.05) is 54.6 Å². The van der Waals surface area contributed by atoms with E-state index in [1.54, 1.807) is 4.90 Å². The molecule has 1 fully saturated rings. The quantitative estimate of drug-likeness (QED) is 0.732. The highest BCUT2D eigenvalue weighted by atomic mass is 16.5. The molecule has 138 valence electrons. The predicted octanol–water partition coefficient (Wildman–Crippen LogP) is 4.67. The van der Waals surface area contributed by atoms with Crippen molar-refractivity contribution in [2.24, 2.45) is 0 Å². The van der Waals surface area contributed by atoms with Crippen LogP contribution in [0.3, 0.4) is 0 Å². The summed E-state index contributed by atoms with van der Waals surface area (Å²) in [7, 11) is 0. The number of anilines is 1. The molecule has 1 aliphatic heterocycles. The van der Waals surface area contributed by atoms with Crippen LogP contribution < -0.4 is 5.32 Å². The molecule has 4 rings (SSSR count). The van der Waals surface area contributed by atoms with Gasteiger partial charge in [0.25, 0.3) is 0 Å². The lowest BCUT2D eigenvalue weighted by Crippen LogP contribution is -2.34. The van der Waals surface area contributed by atoms with Crippen LogP contribution in [0.4, 0.5) is 10.5 Å². The van der Waals surface area contributed by atoms with Crippen molar-refractivity contribution in [2.45, 2.75) is 32.2 Å². The summed E-state index contributed by atoms with van der Waals surface area (Å²) in [6, 6.07) is 17.3. The first-order valence-electron chi connectivity index (χ1n) is 9.30. The van der Waals surface area contributed by atoms with E-state index in [0.29, 0.717) is 18.3 Å². The highest BCUT2D eigenvalue weighted by Gasteiger charge is 2.34. The summed E-state index contributed by atoms with van der Waals surface area (Å²) in [5, 5.41) is 7.05. The van der Waals surface area contributed by atoms with Gasteiger partial charge in [0, 0.05) is 17.8 Å². The number of benzene rings is 2. The van der Waals surface area contributed by atoms with E-state index in [0.717, 1.165) is 30.5 Å². The minimum Gasteiger partial charge on any atom is -0.337 e. The molecule has 27 heavy (non-hydrogen) atoms. The molecule has 0 spiro atoms. The van der Waals surface area contributed by atoms with Crippen LogP contribution >= 0.6 is 0 Å². The number of nitrogens with one attached hydrogen (secondary N) is 1. The van der Waals surface area contributed by atoms with Gasteiger partial charge in [-0.3, -0.25) is 0 Å². The van der Waals surface area contributed by atoms with Gasteiger partial charge >= 0.3 is 6.03 Å². The molecular weight excluding hydrogens is 340 g/mol. The van der Waals surface area contributed by atoms with Crippen LogP contribution in [-0.2, 0) is 6.42 Å². The smallest absolute Gasteiger partial charge is 0.322 e. The Morgan fingerprint density at radius 3 is 2.70 bits per heavy atom. The number of aromatic nitrogens is 2. The zero-order valence-corrected chi connectivity index (χ0v) is 15.3. The SMILES string of the molecule is CCc1ccc(NC(=O)N2CCCC2c2nc(-c3ccccc3)no2)cc1. The zero-order chi connectivity index (χ0) is 18.6. The van der Waals surface area contributed by atoms with E-state index in [4.69, 9.17) is 4.52 Å². The maximum absolute atomic E-state index is 12.8. The number of hydrogen-bond donors (Lipinski definition) is 1. The molecule has 3 aromatic rings. The Kier molecular flexibility index (Phi) is 4.87. The fourth-order valence-corrected chi connectivity index (χ4v) is 3.36. The van der Waals surface area contributed by atoms with Crippen LogP contribution in [0.2, 0.25) is 0 Å². The Bertz CT molecular complexity index is 905. The lowest BCUT2D eigenvalue weighted by Gasteiger charge is -2.22. The van der Waals surface area contributed by atoms with Gasteiger partial charge < -0.3 is 14.7 Å². The van der Waals surface area contributed by atoms with E-state index < -0.39 is 0 Å². The van der Waals surface area contributed by atoms with Crippen LogP contribution in [0, 0.1) is 0 Å². The van der Waals surface area contributed by atoms with E-state index in [9.17, 15) is 4.79 Å². The minimum absolute atomic E-state index is 0.138. The van der Waals surface area contributed by atoms with Gasteiger partial charge in [-0.15, -0.1) is 0 Å². The zero-order valence-electron chi connectivity index (χ0n) is 15.3. The summed E-state index contributed by atoms with van der Waals surface area (Å²) in [5.41, 5.74) is 2.93. The molecular formula is C21H22N4O2. The summed E-state index contributed by atoms with van der Waals surface area (Å²) in [5.74, 6) is 1.04. The number of nitrogens with zero attached hydrogens (tertiary/aromatic N) is 3. The van der Waals surface area contributed by atoms with Crippen molar-refractivity contribution in [1.82, 2.24) is 15.0 Å². The Morgan fingerprint density at radius 1 is 1.19 bits per heavy atom. The van der Waals surface area contributed by atoms with Crippen LogP contribution in [0.1, 0.15) is 37.3 Å². The van der Waals surface area contributed by atoms with Gasteiger partial charge in [-0.25, -0.2) is 4.79 Å². The van der Waals surface area contributed by atoms with Crippen LogP contribution in [0.5, 0.6) is 0 Å². The third kappa shape index (κ3) is 3.69. The molecule has 2 amide bonds. The highest BCUT2D eigenvalue weighted by molar-refractivity contribution is 5.89. The van der Waals surface area contributed by atoms with Crippen molar-refractivity contribution in [1.29, 1.82) is 0 Å². The number of carbonyl (C=O) groups excluding carboxylic acids is 1. The number of urea groups is 1. The molecule has 2 heterocycles. The summed E-state index contributed by atoms with van der Waals surface area (Å²) in [4.78, 5) is 19.1. The first kappa shape index (κ1) is 17.3. The normalized spacial score (nSPS) is 16.5. The van der Waals surface area contributed by atoms with Crippen LogP contribution in [-0.4, -0.2) is 27.6 Å². The Balaban J connectivity index is 1.48. The van der Waals surface area contributed by atoms with Gasteiger partial charge in [-0.1, -0.05) is 54.5 Å². The Labute approximate surface area is 158 Å². The van der Waals surface area contributed by atoms with Crippen molar-refractivity contribution in [3.63, 3.8) is 0 Å². The number of carbonyl (C=O) groups is 1. The fraction of sp³-hybridized carbons (Fsp3) is 0.286. The molecule has 0 radical (unpaired) electrons. The molecule has 1 unspecified atom stereocenters. The van der Waals surface area contributed by atoms with E-state index in [1.165, 1.54) is 5.56 Å². The highest BCUT2D eigenvalue weighted by Crippen LogP contribution is 2.32. The van der Waals surface area contributed by atoms with Crippen molar-refractivity contribution >= 4 is 11.7 Å². The topological polar surface area (TPSA) is 71.3 Å². The van der Waals surface area contributed by atoms with Crippen molar-refractivity contribution in [3.05, 3.63) is 66.1 Å². The van der Waals surface area contributed by atoms with E-state index in [-0.39, 0.29) is 12.1 Å². The molecule has 6 nitrogen and oxygen atoms in total. The third-order valence-corrected chi connectivity index (χ3v) is 4.89. The molecule has 6 heteroatoms. The molecule has 2 aromatic carbocycles. The van der Waals surface area contributed by atoms with Crippen LogP contribution in [0.25, 0.3) is 11.4 Å². The van der Waals surface area contributed by atoms with Gasteiger partial charge in [0.15, 0.2) is 0 Å². The van der Waals surface area contributed by atoms with Gasteiger partial charge in [0.2, 0.25) is 11.7 Å². The van der Waals surface area contributed by atoms with E-state index >= 15 is 0 Å². The number of amides is 2. The van der Waals surface area contributed by atoms with Crippen molar-refractivity contribution < 1.29 is 9.32 Å². The molecule has 0 bridgehead atoms. The molecule has 1 aliphatic rings. The fourth-order valence-electron chi connectivity index (χ4n) is 3.36. The molecule has 1 aromatic heterocycles. The first-order valence-corrected chi connectivity index (χ1v) is 9.30. The Hall–Kier alpha value is -3.15. The second kappa shape index (κ2) is 7.61. The maximum Gasteiger partial charge on any atom is 0.322 e. The first-order chi connectivity index (χ1) is 13.2. The predicted molar refractivity (Wildman–Crippen MR) is 103 cm³/mol. The van der Waals surface area contributed by atoms with Crippen molar-refractivity contribution in [2.75, 3.05) is 11.9 Å². The monoisotopic (exact) mass is 362 g/mol. The maximum atomic E-state index is 12.8.